The van der Waals surface area contributed by atoms with Gasteiger partial charge in [-0.25, -0.2) is 9.50 Å². The molecule has 0 amide bonds. The highest BCUT2D eigenvalue weighted by molar-refractivity contribution is 5.70. The van der Waals surface area contributed by atoms with Gasteiger partial charge in [0.2, 0.25) is 0 Å². The normalized spacial score (nSPS) is 11.1. The van der Waals surface area contributed by atoms with Crippen LogP contribution in [0.1, 0.15) is 16.8 Å². The molecule has 0 saturated heterocycles. The predicted octanol–water partition coefficient (Wildman–Crippen LogP) is 2.61. The van der Waals surface area contributed by atoms with E-state index in [1.165, 1.54) is 16.1 Å². The highest BCUT2D eigenvalue weighted by Gasteiger charge is 2.12. The number of H-pyrrole nitrogens is 1. The Morgan fingerprint density at radius 1 is 1.16 bits per heavy atom. The average molecular weight is 253 g/mol. The molecule has 0 spiro atoms. The van der Waals surface area contributed by atoms with Crippen molar-refractivity contribution in [3.8, 4) is 11.3 Å². The third-order valence-corrected chi connectivity index (χ3v) is 3.29. The van der Waals surface area contributed by atoms with Gasteiger partial charge in [0.25, 0.3) is 5.56 Å². The van der Waals surface area contributed by atoms with E-state index >= 15 is 0 Å². The molecular formula is C15H15N3O. The molecule has 0 radical (unpaired) electrons. The first kappa shape index (κ1) is 11.7. The fourth-order valence-electron chi connectivity index (χ4n) is 2.35. The fraction of sp³-hybridized carbons (Fsp3) is 0.200. The lowest BCUT2D eigenvalue weighted by molar-refractivity contribution is 0.893. The van der Waals surface area contributed by atoms with Gasteiger partial charge in [0.15, 0.2) is 5.65 Å². The number of nitrogens with one attached hydrogen (secondary N) is 1. The summed E-state index contributed by atoms with van der Waals surface area (Å²) in [6.07, 6.45) is 0. The number of benzene rings is 1. The van der Waals surface area contributed by atoms with Gasteiger partial charge in [0.1, 0.15) is 0 Å². The fourth-order valence-corrected chi connectivity index (χ4v) is 2.35. The Balaban J connectivity index is 2.35. The summed E-state index contributed by atoms with van der Waals surface area (Å²) in [5, 5.41) is 3.14. The van der Waals surface area contributed by atoms with Crippen LogP contribution in [-0.4, -0.2) is 14.6 Å². The zero-order chi connectivity index (χ0) is 13.6. The summed E-state index contributed by atoms with van der Waals surface area (Å²) in [4.78, 5) is 16.4. The van der Waals surface area contributed by atoms with E-state index in [0.717, 1.165) is 22.5 Å². The topological polar surface area (TPSA) is 50.2 Å². The summed E-state index contributed by atoms with van der Waals surface area (Å²) in [6.45, 7) is 5.87. The monoisotopic (exact) mass is 253 g/mol. The van der Waals surface area contributed by atoms with Gasteiger partial charge in [0.05, 0.1) is 5.69 Å². The van der Waals surface area contributed by atoms with Gasteiger partial charge in [-0.05, 0) is 26.8 Å². The van der Waals surface area contributed by atoms with Crippen LogP contribution in [0.5, 0.6) is 0 Å². The molecule has 0 bridgehead atoms. The van der Waals surface area contributed by atoms with Crippen molar-refractivity contribution in [1.29, 1.82) is 0 Å². The first-order valence-electron chi connectivity index (χ1n) is 6.22. The van der Waals surface area contributed by atoms with Crippen LogP contribution in [0.25, 0.3) is 16.9 Å². The molecule has 0 saturated carbocycles. The molecule has 0 fully saturated rings. The lowest BCUT2D eigenvalue weighted by Gasteiger charge is -2.00. The Hall–Kier alpha value is -2.36. The number of rotatable bonds is 1. The molecule has 4 heteroatoms. The molecule has 3 rings (SSSR count). The Morgan fingerprint density at radius 3 is 2.68 bits per heavy atom. The van der Waals surface area contributed by atoms with Gasteiger partial charge in [-0.2, -0.15) is 0 Å². The molecular weight excluding hydrogens is 238 g/mol. The predicted molar refractivity (Wildman–Crippen MR) is 75.5 cm³/mol. The number of aromatic nitrogens is 3. The highest BCUT2D eigenvalue weighted by atomic mass is 16.1. The maximum atomic E-state index is 12.0. The Kier molecular flexibility index (Phi) is 2.52. The number of aromatic amines is 1. The van der Waals surface area contributed by atoms with Crippen molar-refractivity contribution >= 4 is 5.65 Å². The van der Waals surface area contributed by atoms with Gasteiger partial charge in [-0.3, -0.25) is 9.89 Å². The van der Waals surface area contributed by atoms with Crippen LogP contribution in [-0.2, 0) is 0 Å². The Morgan fingerprint density at radius 2 is 1.95 bits per heavy atom. The van der Waals surface area contributed by atoms with Crippen LogP contribution in [0, 0.1) is 20.8 Å². The van der Waals surface area contributed by atoms with E-state index in [1.54, 1.807) is 0 Å². The molecule has 0 aliphatic heterocycles. The zero-order valence-corrected chi connectivity index (χ0v) is 11.2. The SMILES string of the molecule is Cc1cccc(-c2[nH]n3c(=O)cc(C)nc3c2C)c1. The number of hydrogen-bond acceptors (Lipinski definition) is 2. The molecule has 96 valence electrons. The summed E-state index contributed by atoms with van der Waals surface area (Å²) in [6, 6.07) is 9.72. The molecule has 0 unspecified atom stereocenters. The first-order chi connectivity index (χ1) is 9.06. The molecule has 3 aromatic rings. The highest BCUT2D eigenvalue weighted by Crippen LogP contribution is 2.24. The standard InChI is InChI=1S/C15H15N3O/c1-9-5-4-6-12(7-9)14-11(3)15-16-10(2)8-13(19)18(15)17-14/h4-8,17H,1-3H3. The quantitative estimate of drug-likeness (QED) is 0.724. The second kappa shape index (κ2) is 4.09. The summed E-state index contributed by atoms with van der Waals surface area (Å²) < 4.78 is 1.50. The second-order valence-electron chi connectivity index (χ2n) is 4.88. The summed E-state index contributed by atoms with van der Waals surface area (Å²) >= 11 is 0. The second-order valence-corrected chi connectivity index (χ2v) is 4.88. The minimum Gasteiger partial charge on any atom is -0.289 e. The van der Waals surface area contributed by atoms with Crippen LogP contribution in [0.3, 0.4) is 0 Å². The molecule has 0 aliphatic rings. The van der Waals surface area contributed by atoms with Crippen LogP contribution in [0.2, 0.25) is 0 Å². The van der Waals surface area contributed by atoms with Crippen molar-refractivity contribution in [2.24, 2.45) is 0 Å². The van der Waals surface area contributed by atoms with Crippen molar-refractivity contribution in [1.82, 2.24) is 14.6 Å². The average Bonchev–Trinajstić information content (AvgIpc) is 2.68. The van der Waals surface area contributed by atoms with Gasteiger partial charge in [-0.15, -0.1) is 0 Å². The van der Waals surface area contributed by atoms with Crippen molar-refractivity contribution in [3.63, 3.8) is 0 Å². The van der Waals surface area contributed by atoms with Crippen molar-refractivity contribution in [2.45, 2.75) is 20.8 Å². The molecule has 4 nitrogen and oxygen atoms in total. The van der Waals surface area contributed by atoms with Crippen LogP contribution in [0.4, 0.5) is 0 Å². The number of aryl methyl sites for hydroxylation is 3. The van der Waals surface area contributed by atoms with E-state index in [1.807, 2.05) is 26.0 Å². The smallest absolute Gasteiger partial charge is 0.272 e. The van der Waals surface area contributed by atoms with E-state index in [4.69, 9.17) is 0 Å². The molecule has 2 aromatic heterocycles. The third kappa shape index (κ3) is 1.85. The summed E-state index contributed by atoms with van der Waals surface area (Å²) in [5.41, 5.74) is 5.55. The maximum Gasteiger partial charge on any atom is 0.272 e. The lowest BCUT2D eigenvalue weighted by atomic mass is 10.1. The van der Waals surface area contributed by atoms with Crippen LogP contribution >= 0.6 is 0 Å². The van der Waals surface area contributed by atoms with E-state index < -0.39 is 0 Å². The van der Waals surface area contributed by atoms with E-state index in [9.17, 15) is 4.79 Å². The molecule has 1 aromatic carbocycles. The molecule has 19 heavy (non-hydrogen) atoms. The minimum atomic E-state index is -0.0792. The lowest BCUT2D eigenvalue weighted by Crippen LogP contribution is -2.14. The molecule has 0 atom stereocenters. The molecule has 1 N–H and O–H groups in total. The third-order valence-electron chi connectivity index (χ3n) is 3.29. The number of hydrogen-bond donors (Lipinski definition) is 1. The van der Waals surface area contributed by atoms with E-state index in [-0.39, 0.29) is 5.56 Å². The van der Waals surface area contributed by atoms with E-state index in [2.05, 4.69) is 29.1 Å². The van der Waals surface area contributed by atoms with E-state index in [0.29, 0.717) is 5.65 Å². The van der Waals surface area contributed by atoms with Crippen molar-refractivity contribution in [2.75, 3.05) is 0 Å². The summed E-state index contributed by atoms with van der Waals surface area (Å²) in [5.74, 6) is 0. The molecule has 2 heterocycles. The zero-order valence-electron chi connectivity index (χ0n) is 11.2. The van der Waals surface area contributed by atoms with Gasteiger partial charge >= 0.3 is 0 Å². The van der Waals surface area contributed by atoms with Crippen molar-refractivity contribution < 1.29 is 0 Å². The largest absolute Gasteiger partial charge is 0.289 e. The minimum absolute atomic E-state index is 0.0792. The first-order valence-corrected chi connectivity index (χ1v) is 6.22. The van der Waals surface area contributed by atoms with Gasteiger partial charge in [0, 0.05) is 22.9 Å². The maximum absolute atomic E-state index is 12.0. The molecule has 0 aliphatic carbocycles. The van der Waals surface area contributed by atoms with Crippen LogP contribution < -0.4 is 5.56 Å². The summed E-state index contributed by atoms with van der Waals surface area (Å²) in [7, 11) is 0. The van der Waals surface area contributed by atoms with Crippen LogP contribution in [0.15, 0.2) is 35.1 Å². The van der Waals surface area contributed by atoms with Gasteiger partial charge < -0.3 is 0 Å². The number of nitrogens with zero attached hydrogens (tertiary/aromatic N) is 2. The van der Waals surface area contributed by atoms with Gasteiger partial charge in [-0.1, -0.05) is 23.8 Å². The Labute approximate surface area is 110 Å². The Bertz CT molecular complexity index is 827. The number of fused-ring (bicyclic) bond motifs is 1. The van der Waals surface area contributed by atoms with Crippen molar-refractivity contribution in [3.05, 3.63) is 57.5 Å².